The quantitative estimate of drug-likeness (QED) is 0.884. The molecular formula is C10H10F3N5O2S. The largest absolute Gasteiger partial charge is 0.433 e. The third kappa shape index (κ3) is 3.24. The monoisotopic (exact) mass is 321 g/mol. The van der Waals surface area contributed by atoms with E-state index in [-0.39, 0.29) is 16.4 Å². The normalized spacial score (nSPS) is 12.4. The van der Waals surface area contributed by atoms with Gasteiger partial charge in [-0.3, -0.25) is 9.40 Å². The van der Waals surface area contributed by atoms with Crippen LogP contribution in [0.3, 0.4) is 0 Å². The minimum Gasteiger partial charge on any atom is -0.381 e. The molecule has 0 aromatic carbocycles. The maximum atomic E-state index is 12.3. The Hall–Kier alpha value is -2.30. The molecule has 2 heterocycles. The fraction of sp³-hybridized carbons (Fsp3) is 0.200. The second-order valence-corrected chi connectivity index (χ2v) is 5.74. The second-order valence-electron chi connectivity index (χ2n) is 4.09. The summed E-state index contributed by atoms with van der Waals surface area (Å²) in [5, 5.41) is 3.68. The summed E-state index contributed by atoms with van der Waals surface area (Å²) in [5.74, 6) is -0.218. The smallest absolute Gasteiger partial charge is 0.381 e. The van der Waals surface area contributed by atoms with Gasteiger partial charge in [0.1, 0.15) is 10.6 Å². The van der Waals surface area contributed by atoms with Gasteiger partial charge >= 0.3 is 6.18 Å². The highest BCUT2D eigenvalue weighted by Crippen LogP contribution is 2.28. The van der Waals surface area contributed by atoms with Crippen molar-refractivity contribution in [3.63, 3.8) is 0 Å². The van der Waals surface area contributed by atoms with Crippen molar-refractivity contribution in [1.82, 2.24) is 14.8 Å². The predicted octanol–water partition coefficient (Wildman–Crippen LogP) is 1.22. The SMILES string of the molecule is Cn1cc(S(=O)(=O)Nc2ccc(C(F)(F)F)nc2)c(N)n1. The summed E-state index contributed by atoms with van der Waals surface area (Å²) in [6, 6.07) is 1.63. The average molecular weight is 321 g/mol. The number of nitrogen functional groups attached to an aromatic ring is 1. The average Bonchev–Trinajstić information content (AvgIpc) is 2.68. The Morgan fingerprint density at radius 2 is 2.00 bits per heavy atom. The first-order chi connectivity index (χ1) is 9.59. The number of hydrogen-bond donors (Lipinski definition) is 2. The van der Waals surface area contributed by atoms with Gasteiger partial charge in [-0.1, -0.05) is 0 Å². The minimum absolute atomic E-state index is 0.119. The molecule has 0 fully saturated rings. The minimum atomic E-state index is -4.59. The van der Waals surface area contributed by atoms with Gasteiger partial charge in [-0.2, -0.15) is 18.3 Å². The van der Waals surface area contributed by atoms with Crippen LogP contribution in [-0.4, -0.2) is 23.2 Å². The van der Waals surface area contributed by atoms with Gasteiger partial charge in [0, 0.05) is 13.2 Å². The fourth-order valence-corrected chi connectivity index (χ4v) is 2.67. The molecule has 2 aromatic rings. The molecule has 0 aliphatic rings. The number of nitrogens with two attached hydrogens (primary N) is 1. The number of nitrogens with one attached hydrogen (secondary N) is 1. The van der Waals surface area contributed by atoms with Crippen molar-refractivity contribution in [1.29, 1.82) is 0 Å². The van der Waals surface area contributed by atoms with E-state index in [9.17, 15) is 21.6 Å². The van der Waals surface area contributed by atoms with Crippen LogP contribution in [0.15, 0.2) is 29.4 Å². The Bertz CT molecular complexity index is 752. The predicted molar refractivity (Wildman–Crippen MR) is 67.7 cm³/mol. The zero-order chi connectivity index (χ0) is 15.8. The third-order valence-corrected chi connectivity index (χ3v) is 3.82. The summed E-state index contributed by atoms with van der Waals surface area (Å²) in [5.41, 5.74) is 4.21. The van der Waals surface area contributed by atoms with Crippen molar-refractivity contribution >= 4 is 21.5 Å². The summed E-state index contributed by atoms with van der Waals surface area (Å²) in [6.07, 6.45) is -2.65. The van der Waals surface area contributed by atoms with Gasteiger partial charge in [-0.15, -0.1) is 0 Å². The molecule has 0 unspecified atom stereocenters. The maximum absolute atomic E-state index is 12.3. The second kappa shape index (κ2) is 4.91. The summed E-state index contributed by atoms with van der Waals surface area (Å²) < 4.78 is 64.4. The van der Waals surface area contributed by atoms with E-state index in [4.69, 9.17) is 5.73 Å². The van der Waals surface area contributed by atoms with Crippen LogP contribution in [-0.2, 0) is 23.2 Å². The van der Waals surface area contributed by atoms with E-state index in [0.717, 1.165) is 12.3 Å². The van der Waals surface area contributed by atoms with Gasteiger partial charge in [-0.25, -0.2) is 13.4 Å². The number of sulfonamides is 1. The molecule has 11 heteroatoms. The molecule has 0 radical (unpaired) electrons. The summed E-state index contributed by atoms with van der Waals surface area (Å²) >= 11 is 0. The van der Waals surface area contributed by atoms with E-state index in [1.165, 1.54) is 17.9 Å². The van der Waals surface area contributed by atoms with Crippen LogP contribution in [0.2, 0.25) is 0 Å². The molecule has 7 nitrogen and oxygen atoms in total. The number of aryl methyl sites for hydroxylation is 1. The molecule has 2 aromatic heterocycles. The lowest BCUT2D eigenvalue weighted by molar-refractivity contribution is -0.141. The molecule has 0 amide bonds. The van der Waals surface area contributed by atoms with Crippen LogP contribution < -0.4 is 10.5 Å². The standard InChI is InChI=1S/C10H10F3N5O2S/c1-18-5-7(9(14)16-18)21(19,20)17-6-2-3-8(15-4-6)10(11,12)13/h2-5,17H,1H3,(H2,14,16). The molecule has 0 saturated carbocycles. The van der Waals surface area contributed by atoms with E-state index >= 15 is 0 Å². The lowest BCUT2D eigenvalue weighted by Gasteiger charge is -2.08. The molecule has 2 rings (SSSR count). The van der Waals surface area contributed by atoms with Crippen molar-refractivity contribution in [2.24, 2.45) is 7.05 Å². The molecule has 3 N–H and O–H groups in total. The highest BCUT2D eigenvalue weighted by atomic mass is 32.2. The van der Waals surface area contributed by atoms with Crippen molar-refractivity contribution in [2.45, 2.75) is 11.1 Å². The van der Waals surface area contributed by atoms with Crippen LogP contribution in [0, 0.1) is 0 Å². The molecule has 0 spiro atoms. The number of anilines is 2. The fourth-order valence-electron chi connectivity index (χ4n) is 1.52. The van der Waals surface area contributed by atoms with Crippen LogP contribution in [0.4, 0.5) is 24.7 Å². The molecule has 0 bridgehead atoms. The number of halogens is 3. The Kier molecular flexibility index (Phi) is 3.53. The Morgan fingerprint density at radius 3 is 2.43 bits per heavy atom. The summed E-state index contributed by atoms with van der Waals surface area (Å²) in [7, 11) is -2.57. The van der Waals surface area contributed by atoms with E-state index < -0.39 is 21.9 Å². The van der Waals surface area contributed by atoms with E-state index in [2.05, 4.69) is 14.8 Å². The third-order valence-electron chi connectivity index (χ3n) is 2.42. The number of nitrogens with zero attached hydrogens (tertiary/aromatic N) is 3. The lowest BCUT2D eigenvalue weighted by atomic mass is 10.3. The number of alkyl halides is 3. The van der Waals surface area contributed by atoms with Gasteiger partial charge in [0.25, 0.3) is 10.0 Å². The zero-order valence-corrected chi connectivity index (χ0v) is 11.4. The molecule has 0 atom stereocenters. The van der Waals surface area contributed by atoms with Crippen molar-refractivity contribution < 1.29 is 21.6 Å². The van der Waals surface area contributed by atoms with Crippen LogP contribution >= 0.6 is 0 Å². The van der Waals surface area contributed by atoms with Gasteiger partial charge in [0.05, 0.1) is 11.9 Å². The maximum Gasteiger partial charge on any atom is 0.433 e. The van der Waals surface area contributed by atoms with Gasteiger partial charge < -0.3 is 5.73 Å². The first-order valence-electron chi connectivity index (χ1n) is 5.45. The molecule has 0 aliphatic heterocycles. The highest BCUT2D eigenvalue weighted by molar-refractivity contribution is 7.92. The van der Waals surface area contributed by atoms with Crippen molar-refractivity contribution in [2.75, 3.05) is 10.5 Å². The zero-order valence-electron chi connectivity index (χ0n) is 10.6. The Balaban J connectivity index is 2.27. The number of hydrogen-bond acceptors (Lipinski definition) is 5. The topological polar surface area (TPSA) is 103 Å². The van der Waals surface area contributed by atoms with Gasteiger partial charge in [0.15, 0.2) is 5.82 Å². The molecular weight excluding hydrogens is 311 g/mol. The van der Waals surface area contributed by atoms with E-state index in [1.54, 1.807) is 0 Å². The summed E-state index contributed by atoms with van der Waals surface area (Å²) in [6.45, 7) is 0. The molecule has 0 aliphatic carbocycles. The Morgan fingerprint density at radius 1 is 1.33 bits per heavy atom. The van der Waals surface area contributed by atoms with Crippen LogP contribution in [0.25, 0.3) is 0 Å². The first kappa shape index (κ1) is 15.1. The van der Waals surface area contributed by atoms with Crippen molar-refractivity contribution in [3.05, 3.63) is 30.2 Å². The highest BCUT2D eigenvalue weighted by Gasteiger charge is 2.32. The van der Waals surface area contributed by atoms with Gasteiger partial charge in [0.2, 0.25) is 0 Å². The van der Waals surface area contributed by atoms with Gasteiger partial charge in [-0.05, 0) is 12.1 Å². The first-order valence-corrected chi connectivity index (χ1v) is 6.93. The lowest BCUT2D eigenvalue weighted by Crippen LogP contribution is -2.15. The molecule has 21 heavy (non-hydrogen) atoms. The molecule has 0 saturated heterocycles. The van der Waals surface area contributed by atoms with E-state index in [0.29, 0.717) is 6.07 Å². The molecule has 114 valence electrons. The van der Waals surface area contributed by atoms with Crippen molar-refractivity contribution in [3.8, 4) is 0 Å². The number of pyridine rings is 1. The Labute approximate surface area is 117 Å². The van der Waals surface area contributed by atoms with E-state index in [1.807, 2.05) is 0 Å². The van der Waals surface area contributed by atoms with Crippen LogP contribution in [0.1, 0.15) is 5.69 Å². The van der Waals surface area contributed by atoms with Crippen LogP contribution in [0.5, 0.6) is 0 Å². The number of aromatic nitrogens is 3. The number of rotatable bonds is 3. The summed E-state index contributed by atoms with van der Waals surface area (Å²) in [4.78, 5) is 2.88.